The van der Waals surface area contributed by atoms with Gasteiger partial charge in [-0.25, -0.2) is 4.99 Å². The number of amides is 1. The van der Waals surface area contributed by atoms with Crippen molar-refractivity contribution in [3.8, 4) is 17.2 Å². The standard InChI is InChI=1S/C27H26N2O4S/c1-4-32-24-15-20(11-13-23(24)33-17-19-8-6-5-7-9-19)16-25-26(30)29-27(34-25)28-21-14-18(2)10-12-22(21)31-3/h5-16H,4,17H2,1-3H3,(H,28,29,30)/b25-16-. The van der Waals surface area contributed by atoms with Gasteiger partial charge in [-0.2, -0.15) is 0 Å². The Labute approximate surface area is 203 Å². The average Bonchev–Trinajstić information content (AvgIpc) is 3.18. The minimum atomic E-state index is -0.197. The van der Waals surface area contributed by atoms with Crippen molar-refractivity contribution in [1.82, 2.24) is 5.32 Å². The number of aryl methyl sites for hydroxylation is 1. The molecule has 0 spiro atoms. The Bertz CT molecular complexity index is 1240. The SMILES string of the molecule is CCOc1cc(/C=C2\SC(=Nc3cc(C)ccc3OC)NC2=O)ccc1OCc1ccccc1. The maximum absolute atomic E-state index is 12.6. The van der Waals surface area contributed by atoms with Crippen LogP contribution in [0.25, 0.3) is 6.08 Å². The molecule has 0 aromatic heterocycles. The van der Waals surface area contributed by atoms with Crippen LogP contribution in [0.4, 0.5) is 5.69 Å². The minimum absolute atomic E-state index is 0.197. The van der Waals surface area contributed by atoms with E-state index in [1.54, 1.807) is 7.11 Å². The number of nitrogens with one attached hydrogen (secondary N) is 1. The second-order valence-corrected chi connectivity index (χ2v) is 8.60. The van der Waals surface area contributed by atoms with Crippen molar-refractivity contribution in [2.24, 2.45) is 4.99 Å². The van der Waals surface area contributed by atoms with Gasteiger partial charge in [-0.15, -0.1) is 0 Å². The Morgan fingerprint density at radius 3 is 2.53 bits per heavy atom. The van der Waals surface area contributed by atoms with Gasteiger partial charge in [0.2, 0.25) is 0 Å². The molecular formula is C27H26N2O4S. The first-order valence-electron chi connectivity index (χ1n) is 10.9. The predicted molar refractivity (Wildman–Crippen MR) is 137 cm³/mol. The molecule has 0 saturated carbocycles. The van der Waals surface area contributed by atoms with Gasteiger partial charge in [-0.1, -0.05) is 42.5 Å². The largest absolute Gasteiger partial charge is 0.494 e. The summed E-state index contributed by atoms with van der Waals surface area (Å²) >= 11 is 1.29. The number of rotatable bonds is 8. The molecule has 174 valence electrons. The van der Waals surface area contributed by atoms with E-state index in [1.807, 2.05) is 86.7 Å². The van der Waals surface area contributed by atoms with E-state index in [9.17, 15) is 4.79 Å². The van der Waals surface area contributed by atoms with E-state index >= 15 is 0 Å². The number of ether oxygens (including phenoxy) is 3. The van der Waals surface area contributed by atoms with Gasteiger partial charge in [0.05, 0.1) is 18.6 Å². The highest BCUT2D eigenvalue weighted by molar-refractivity contribution is 8.18. The first-order chi connectivity index (χ1) is 16.6. The Hall–Kier alpha value is -3.71. The van der Waals surface area contributed by atoms with Crippen molar-refractivity contribution in [3.63, 3.8) is 0 Å². The summed E-state index contributed by atoms with van der Waals surface area (Å²) in [6, 6.07) is 21.4. The second kappa shape index (κ2) is 10.9. The number of carbonyl (C=O) groups excluding carboxylic acids is 1. The third kappa shape index (κ3) is 5.80. The lowest BCUT2D eigenvalue weighted by Gasteiger charge is -2.13. The third-order valence-electron chi connectivity index (χ3n) is 5.01. The molecule has 0 aliphatic carbocycles. The zero-order valence-corrected chi connectivity index (χ0v) is 20.1. The van der Waals surface area contributed by atoms with Crippen LogP contribution < -0.4 is 19.5 Å². The van der Waals surface area contributed by atoms with Gasteiger partial charge >= 0.3 is 0 Å². The van der Waals surface area contributed by atoms with E-state index in [0.29, 0.717) is 46.2 Å². The van der Waals surface area contributed by atoms with Crippen molar-refractivity contribution in [3.05, 3.63) is 88.3 Å². The Morgan fingerprint density at radius 2 is 1.76 bits per heavy atom. The number of hydrogen-bond donors (Lipinski definition) is 1. The minimum Gasteiger partial charge on any atom is -0.494 e. The number of thioether (sulfide) groups is 1. The number of carbonyl (C=O) groups is 1. The number of methoxy groups -OCH3 is 1. The molecule has 1 aliphatic heterocycles. The van der Waals surface area contributed by atoms with Crippen LogP contribution in [0.1, 0.15) is 23.6 Å². The van der Waals surface area contributed by atoms with Gasteiger partial charge in [0, 0.05) is 0 Å². The van der Waals surface area contributed by atoms with Crippen LogP contribution in [0.3, 0.4) is 0 Å². The Balaban J connectivity index is 1.53. The molecule has 3 aromatic carbocycles. The van der Waals surface area contributed by atoms with E-state index in [2.05, 4.69) is 10.3 Å². The molecular weight excluding hydrogens is 448 g/mol. The lowest BCUT2D eigenvalue weighted by molar-refractivity contribution is -0.115. The second-order valence-electron chi connectivity index (χ2n) is 7.57. The van der Waals surface area contributed by atoms with E-state index in [0.717, 1.165) is 16.7 Å². The molecule has 1 N–H and O–H groups in total. The van der Waals surface area contributed by atoms with Gasteiger partial charge in [-0.05, 0) is 72.6 Å². The van der Waals surface area contributed by atoms with E-state index in [-0.39, 0.29) is 5.91 Å². The smallest absolute Gasteiger partial charge is 0.264 e. The van der Waals surface area contributed by atoms with Gasteiger partial charge < -0.3 is 19.5 Å². The monoisotopic (exact) mass is 474 g/mol. The van der Waals surface area contributed by atoms with Crippen LogP contribution in [-0.4, -0.2) is 24.8 Å². The van der Waals surface area contributed by atoms with Crippen molar-refractivity contribution < 1.29 is 19.0 Å². The third-order valence-corrected chi connectivity index (χ3v) is 5.92. The van der Waals surface area contributed by atoms with Gasteiger partial charge in [-0.3, -0.25) is 4.79 Å². The maximum atomic E-state index is 12.6. The summed E-state index contributed by atoms with van der Waals surface area (Å²) in [5, 5.41) is 3.33. The lowest BCUT2D eigenvalue weighted by Crippen LogP contribution is -2.19. The molecule has 4 rings (SSSR count). The number of nitrogens with zero attached hydrogens (tertiary/aromatic N) is 1. The molecule has 6 nitrogen and oxygen atoms in total. The molecule has 34 heavy (non-hydrogen) atoms. The molecule has 0 atom stereocenters. The number of hydrogen-bond acceptors (Lipinski definition) is 6. The molecule has 1 aliphatic rings. The summed E-state index contributed by atoms with van der Waals surface area (Å²) in [5.41, 5.74) is 3.64. The van der Waals surface area contributed by atoms with Crippen molar-refractivity contribution in [2.45, 2.75) is 20.5 Å². The summed E-state index contributed by atoms with van der Waals surface area (Å²) in [7, 11) is 1.60. The van der Waals surface area contributed by atoms with Crippen LogP contribution in [0.2, 0.25) is 0 Å². The van der Waals surface area contributed by atoms with Crippen LogP contribution in [0.15, 0.2) is 76.6 Å². The quantitative estimate of drug-likeness (QED) is 0.413. The molecule has 1 heterocycles. The fourth-order valence-corrected chi connectivity index (χ4v) is 4.20. The fraction of sp³-hybridized carbons (Fsp3) is 0.185. The van der Waals surface area contributed by atoms with E-state index in [4.69, 9.17) is 14.2 Å². The Kier molecular flexibility index (Phi) is 7.54. The highest BCUT2D eigenvalue weighted by atomic mass is 32.2. The van der Waals surface area contributed by atoms with Gasteiger partial charge in [0.1, 0.15) is 18.0 Å². The molecule has 3 aromatic rings. The van der Waals surface area contributed by atoms with Crippen LogP contribution in [0, 0.1) is 6.92 Å². The molecule has 1 saturated heterocycles. The maximum Gasteiger partial charge on any atom is 0.264 e. The van der Waals surface area contributed by atoms with Crippen molar-refractivity contribution >= 4 is 34.6 Å². The number of benzene rings is 3. The molecule has 7 heteroatoms. The Morgan fingerprint density at radius 1 is 0.971 bits per heavy atom. The summed E-state index contributed by atoms with van der Waals surface area (Å²) in [6.45, 7) is 4.86. The fourth-order valence-electron chi connectivity index (χ4n) is 3.37. The van der Waals surface area contributed by atoms with Crippen LogP contribution in [-0.2, 0) is 11.4 Å². The van der Waals surface area contributed by atoms with Crippen LogP contribution >= 0.6 is 11.8 Å². The highest BCUT2D eigenvalue weighted by Crippen LogP contribution is 2.34. The summed E-state index contributed by atoms with van der Waals surface area (Å²) < 4.78 is 17.2. The highest BCUT2D eigenvalue weighted by Gasteiger charge is 2.24. The van der Waals surface area contributed by atoms with Crippen LogP contribution in [0.5, 0.6) is 17.2 Å². The zero-order valence-electron chi connectivity index (χ0n) is 19.3. The average molecular weight is 475 g/mol. The molecule has 0 bridgehead atoms. The molecule has 1 amide bonds. The summed E-state index contributed by atoms with van der Waals surface area (Å²) in [6.07, 6.45) is 1.82. The first-order valence-corrected chi connectivity index (χ1v) is 11.7. The number of aliphatic imine (C=N–C) groups is 1. The van der Waals surface area contributed by atoms with E-state index in [1.165, 1.54) is 11.8 Å². The molecule has 0 unspecified atom stereocenters. The topological polar surface area (TPSA) is 69.2 Å². The van der Waals surface area contributed by atoms with Crippen molar-refractivity contribution in [2.75, 3.05) is 13.7 Å². The van der Waals surface area contributed by atoms with Gasteiger partial charge in [0.25, 0.3) is 5.91 Å². The van der Waals surface area contributed by atoms with Gasteiger partial charge in [0.15, 0.2) is 16.7 Å². The predicted octanol–water partition coefficient (Wildman–Crippen LogP) is 5.87. The molecule has 1 fully saturated rings. The zero-order chi connectivity index (χ0) is 23.9. The normalized spacial score (nSPS) is 15.4. The summed E-state index contributed by atoms with van der Waals surface area (Å²) in [4.78, 5) is 17.7. The summed E-state index contributed by atoms with van der Waals surface area (Å²) in [5.74, 6) is 1.75. The first kappa shape index (κ1) is 23.4. The lowest BCUT2D eigenvalue weighted by atomic mass is 10.2. The van der Waals surface area contributed by atoms with E-state index < -0.39 is 0 Å². The van der Waals surface area contributed by atoms with Crippen molar-refractivity contribution in [1.29, 1.82) is 0 Å². The number of amidine groups is 1. The molecule has 0 radical (unpaired) electrons.